The molecule has 0 heterocycles. The molecular weight excluding hydrogens is 402 g/mol. The van der Waals surface area contributed by atoms with Crippen molar-refractivity contribution in [3.05, 3.63) is 0 Å². The van der Waals surface area contributed by atoms with Gasteiger partial charge in [0.1, 0.15) is 13.3 Å². The molecule has 0 bridgehead atoms. The first-order valence-electron chi connectivity index (χ1n) is 13.7. The van der Waals surface area contributed by atoms with Gasteiger partial charge >= 0.3 is 0 Å². The normalized spacial score (nSPS) is 12.0. The molecule has 5 nitrogen and oxygen atoms in total. The van der Waals surface area contributed by atoms with Gasteiger partial charge in [-0.1, -0.05) is 90.4 Å². The molecule has 0 rings (SSSR count). The SMILES string of the molecule is CCCCCCCCCCCCCCCCOCOCCCOCCOCC[N+](C)(C)C. The standard InChI is InChI=1S/C27H58NO4/c1-5-6-7-8-9-10-11-12-13-14-15-16-17-18-21-31-27-32-23-19-22-29-25-26-30-24-20-28(2,3)4/h5-27H2,1-4H3/q+1. The summed E-state index contributed by atoms with van der Waals surface area (Å²) in [6.07, 6.45) is 20.3. The van der Waals surface area contributed by atoms with Gasteiger partial charge in [0, 0.05) is 13.2 Å². The van der Waals surface area contributed by atoms with Crippen LogP contribution in [0.15, 0.2) is 0 Å². The fourth-order valence-electron chi connectivity index (χ4n) is 3.50. The van der Waals surface area contributed by atoms with Gasteiger partial charge in [-0.25, -0.2) is 0 Å². The van der Waals surface area contributed by atoms with Crippen LogP contribution in [0.3, 0.4) is 0 Å². The second-order valence-corrected chi connectivity index (χ2v) is 10.1. The van der Waals surface area contributed by atoms with Crippen molar-refractivity contribution >= 4 is 0 Å². The van der Waals surface area contributed by atoms with Crippen LogP contribution in [0.1, 0.15) is 103 Å². The highest BCUT2D eigenvalue weighted by Gasteiger charge is 2.05. The van der Waals surface area contributed by atoms with Crippen LogP contribution >= 0.6 is 0 Å². The molecule has 32 heavy (non-hydrogen) atoms. The maximum Gasteiger partial charge on any atom is 0.146 e. The van der Waals surface area contributed by atoms with Crippen LogP contribution in [-0.2, 0) is 18.9 Å². The number of unbranched alkanes of at least 4 members (excludes halogenated alkanes) is 13. The molecule has 0 aromatic carbocycles. The highest BCUT2D eigenvalue weighted by Crippen LogP contribution is 2.12. The molecule has 0 aliphatic rings. The van der Waals surface area contributed by atoms with Crippen LogP contribution in [0.5, 0.6) is 0 Å². The zero-order valence-electron chi connectivity index (χ0n) is 22.3. The van der Waals surface area contributed by atoms with Gasteiger partial charge in [-0.3, -0.25) is 0 Å². The Hall–Kier alpha value is -0.200. The quantitative estimate of drug-likeness (QED) is 0.0787. The molecule has 0 unspecified atom stereocenters. The topological polar surface area (TPSA) is 36.9 Å². The maximum absolute atomic E-state index is 5.56. The van der Waals surface area contributed by atoms with E-state index in [0.29, 0.717) is 26.6 Å². The van der Waals surface area contributed by atoms with Gasteiger partial charge in [0.05, 0.1) is 47.6 Å². The molecule has 0 amide bonds. The molecule has 5 heteroatoms. The van der Waals surface area contributed by atoms with Crippen LogP contribution in [-0.4, -0.2) is 78.6 Å². The summed E-state index contributed by atoms with van der Waals surface area (Å²) in [5.41, 5.74) is 0. The molecule has 0 aliphatic heterocycles. The highest BCUT2D eigenvalue weighted by molar-refractivity contribution is 4.49. The van der Waals surface area contributed by atoms with E-state index in [0.717, 1.165) is 43.7 Å². The van der Waals surface area contributed by atoms with Crippen molar-refractivity contribution < 1.29 is 23.4 Å². The summed E-state index contributed by atoms with van der Waals surface area (Å²) < 4.78 is 23.1. The Morgan fingerprint density at radius 2 is 0.812 bits per heavy atom. The van der Waals surface area contributed by atoms with Crippen LogP contribution < -0.4 is 0 Å². The number of rotatable bonds is 27. The summed E-state index contributed by atoms with van der Waals surface area (Å²) in [4.78, 5) is 0. The molecule has 0 aromatic rings. The maximum atomic E-state index is 5.56. The Balaban J connectivity index is 3.02. The third kappa shape index (κ3) is 29.8. The van der Waals surface area contributed by atoms with Crippen molar-refractivity contribution in [2.45, 2.75) is 103 Å². The van der Waals surface area contributed by atoms with Crippen molar-refractivity contribution in [2.75, 3.05) is 74.1 Å². The third-order valence-corrected chi connectivity index (χ3v) is 5.66. The summed E-state index contributed by atoms with van der Waals surface area (Å²) in [6, 6.07) is 0. The molecular formula is C27H58NO4+. The Morgan fingerprint density at radius 3 is 1.31 bits per heavy atom. The summed E-state index contributed by atoms with van der Waals surface area (Å²) in [5, 5.41) is 0. The molecule has 0 fully saturated rings. The average molecular weight is 461 g/mol. The minimum atomic E-state index is 0.409. The zero-order valence-corrected chi connectivity index (χ0v) is 22.3. The van der Waals surface area contributed by atoms with E-state index in [2.05, 4.69) is 28.1 Å². The second kappa shape index (κ2) is 25.4. The zero-order chi connectivity index (χ0) is 23.6. The summed E-state index contributed by atoms with van der Waals surface area (Å²) in [6.45, 7) is 8.06. The van der Waals surface area contributed by atoms with Crippen LogP contribution in [0.4, 0.5) is 0 Å². The first-order chi connectivity index (χ1) is 15.6. The smallest absolute Gasteiger partial charge is 0.146 e. The first kappa shape index (κ1) is 31.8. The number of ether oxygens (including phenoxy) is 4. The lowest BCUT2D eigenvalue weighted by Crippen LogP contribution is -2.37. The van der Waals surface area contributed by atoms with Crippen molar-refractivity contribution in [3.63, 3.8) is 0 Å². The van der Waals surface area contributed by atoms with Gasteiger partial charge in [0.2, 0.25) is 0 Å². The van der Waals surface area contributed by atoms with Gasteiger partial charge in [-0.15, -0.1) is 0 Å². The Labute approximate surface area is 201 Å². The number of nitrogens with zero attached hydrogens (tertiary/aromatic N) is 1. The van der Waals surface area contributed by atoms with E-state index in [4.69, 9.17) is 18.9 Å². The minimum Gasteiger partial charge on any atom is -0.379 e. The fraction of sp³-hybridized carbons (Fsp3) is 1.00. The number of quaternary nitrogens is 1. The van der Waals surface area contributed by atoms with Crippen molar-refractivity contribution in [2.24, 2.45) is 0 Å². The number of likely N-dealkylation sites (N-methyl/N-ethyl adjacent to an activating group) is 1. The van der Waals surface area contributed by atoms with Gasteiger partial charge in [0.25, 0.3) is 0 Å². The second-order valence-electron chi connectivity index (χ2n) is 10.1. The van der Waals surface area contributed by atoms with E-state index in [1.165, 1.54) is 83.5 Å². The Bertz CT molecular complexity index is 347. The predicted octanol–water partition coefficient (Wildman–Crippen LogP) is 6.59. The summed E-state index contributed by atoms with van der Waals surface area (Å²) in [5.74, 6) is 0. The lowest BCUT2D eigenvalue weighted by atomic mass is 10.0. The average Bonchev–Trinajstić information content (AvgIpc) is 2.75. The molecule has 0 saturated heterocycles. The van der Waals surface area contributed by atoms with E-state index in [1.807, 2.05) is 0 Å². The molecule has 194 valence electrons. The molecule has 0 saturated carbocycles. The lowest BCUT2D eigenvalue weighted by Gasteiger charge is -2.23. The Morgan fingerprint density at radius 1 is 0.406 bits per heavy atom. The fourth-order valence-corrected chi connectivity index (χ4v) is 3.50. The molecule has 0 radical (unpaired) electrons. The third-order valence-electron chi connectivity index (χ3n) is 5.66. The van der Waals surface area contributed by atoms with E-state index in [-0.39, 0.29) is 0 Å². The molecule has 0 aliphatic carbocycles. The number of hydrogen-bond donors (Lipinski definition) is 0. The summed E-state index contributed by atoms with van der Waals surface area (Å²) in [7, 11) is 6.51. The van der Waals surface area contributed by atoms with Crippen molar-refractivity contribution in [1.82, 2.24) is 0 Å². The number of hydrogen-bond acceptors (Lipinski definition) is 4. The molecule has 0 aromatic heterocycles. The van der Waals surface area contributed by atoms with E-state index in [1.54, 1.807) is 0 Å². The molecule has 0 atom stereocenters. The first-order valence-corrected chi connectivity index (χ1v) is 13.7. The van der Waals surface area contributed by atoms with Crippen LogP contribution in [0.2, 0.25) is 0 Å². The Kier molecular flexibility index (Phi) is 25.3. The predicted molar refractivity (Wildman–Crippen MR) is 136 cm³/mol. The van der Waals surface area contributed by atoms with Crippen molar-refractivity contribution in [1.29, 1.82) is 0 Å². The molecule has 0 N–H and O–H groups in total. The monoisotopic (exact) mass is 460 g/mol. The molecule has 0 spiro atoms. The van der Waals surface area contributed by atoms with Gasteiger partial charge < -0.3 is 23.4 Å². The van der Waals surface area contributed by atoms with Gasteiger partial charge in [-0.2, -0.15) is 0 Å². The van der Waals surface area contributed by atoms with E-state index in [9.17, 15) is 0 Å². The van der Waals surface area contributed by atoms with Gasteiger partial charge in [-0.05, 0) is 12.8 Å². The van der Waals surface area contributed by atoms with E-state index < -0.39 is 0 Å². The van der Waals surface area contributed by atoms with E-state index >= 15 is 0 Å². The summed E-state index contributed by atoms with van der Waals surface area (Å²) >= 11 is 0. The van der Waals surface area contributed by atoms with Crippen molar-refractivity contribution in [3.8, 4) is 0 Å². The van der Waals surface area contributed by atoms with Crippen LogP contribution in [0, 0.1) is 0 Å². The largest absolute Gasteiger partial charge is 0.379 e. The van der Waals surface area contributed by atoms with Gasteiger partial charge in [0.15, 0.2) is 0 Å². The lowest BCUT2D eigenvalue weighted by molar-refractivity contribution is -0.870. The highest BCUT2D eigenvalue weighted by atomic mass is 16.7. The van der Waals surface area contributed by atoms with Crippen LogP contribution in [0.25, 0.3) is 0 Å². The minimum absolute atomic E-state index is 0.409.